The highest BCUT2D eigenvalue weighted by atomic mass is 79.9. The Kier molecular flexibility index (Phi) is 4.57. The Balaban J connectivity index is 1.72. The monoisotopic (exact) mass is 435 g/mol. The van der Waals surface area contributed by atoms with Crippen molar-refractivity contribution < 1.29 is 9.53 Å². The molecule has 1 aromatic heterocycles. The fourth-order valence-corrected chi connectivity index (χ4v) is 4.65. The molecule has 1 spiro atoms. The zero-order valence-corrected chi connectivity index (χ0v) is 16.7. The van der Waals surface area contributed by atoms with Crippen LogP contribution in [0.15, 0.2) is 34.9 Å². The number of piperidine rings is 1. The number of aromatic nitrogens is 1. The molecule has 2 aliphatic heterocycles. The number of hydrogen-bond acceptors (Lipinski definition) is 4. The molecule has 1 atom stereocenters. The van der Waals surface area contributed by atoms with Crippen LogP contribution in [0.2, 0.25) is 5.02 Å². The summed E-state index contributed by atoms with van der Waals surface area (Å²) < 4.78 is 6.01. The van der Waals surface area contributed by atoms with Crippen LogP contribution in [-0.2, 0) is 16.8 Å². The number of halogens is 2. The van der Waals surface area contributed by atoms with Crippen LogP contribution in [0.1, 0.15) is 24.0 Å². The van der Waals surface area contributed by atoms with Crippen molar-refractivity contribution in [1.82, 2.24) is 10.3 Å². The van der Waals surface area contributed by atoms with E-state index in [1.54, 1.807) is 13.3 Å². The molecule has 2 aliphatic rings. The molecular formula is C19H19BrClN3O2. The fraction of sp³-hybridized carbons (Fsp3) is 0.368. The molecule has 1 fully saturated rings. The molecule has 26 heavy (non-hydrogen) atoms. The van der Waals surface area contributed by atoms with Gasteiger partial charge in [-0.2, -0.15) is 0 Å². The number of fused-ring (bicyclic) bond motifs is 2. The van der Waals surface area contributed by atoms with Gasteiger partial charge in [0.1, 0.15) is 11.6 Å². The molecule has 0 saturated carbocycles. The highest BCUT2D eigenvalue weighted by Gasteiger charge is 2.48. The Hall–Kier alpha value is -1.79. The second-order valence-corrected chi connectivity index (χ2v) is 8.11. The first-order valence-electron chi connectivity index (χ1n) is 8.51. The Morgan fingerprint density at radius 3 is 2.85 bits per heavy atom. The number of hydrogen-bond donors (Lipinski definition) is 1. The van der Waals surface area contributed by atoms with E-state index in [1.807, 2.05) is 12.1 Å². The van der Waals surface area contributed by atoms with Gasteiger partial charge in [0, 0.05) is 43.2 Å². The highest BCUT2D eigenvalue weighted by Crippen LogP contribution is 2.50. The van der Waals surface area contributed by atoms with Gasteiger partial charge in [-0.3, -0.25) is 4.79 Å². The Morgan fingerprint density at radius 2 is 2.15 bits per heavy atom. The summed E-state index contributed by atoms with van der Waals surface area (Å²) in [6, 6.07) is 8.02. The third kappa shape index (κ3) is 2.95. The molecule has 1 saturated heterocycles. The second kappa shape index (κ2) is 6.74. The molecule has 4 rings (SSSR count). The van der Waals surface area contributed by atoms with Crippen molar-refractivity contribution in [1.29, 1.82) is 0 Å². The number of benzene rings is 1. The van der Waals surface area contributed by atoms with Crippen LogP contribution in [0.4, 0.5) is 5.82 Å². The summed E-state index contributed by atoms with van der Waals surface area (Å²) in [5.41, 5.74) is 1.88. The summed E-state index contributed by atoms with van der Waals surface area (Å²) in [6.45, 7) is 2.12. The van der Waals surface area contributed by atoms with Crippen LogP contribution >= 0.6 is 27.5 Å². The maximum absolute atomic E-state index is 12.1. The van der Waals surface area contributed by atoms with Crippen molar-refractivity contribution in [2.24, 2.45) is 0 Å². The molecule has 1 amide bonds. The average molecular weight is 437 g/mol. The maximum Gasteiger partial charge on any atom is 0.220 e. The molecule has 0 bridgehead atoms. The predicted molar refractivity (Wildman–Crippen MR) is 105 cm³/mol. The van der Waals surface area contributed by atoms with E-state index in [2.05, 4.69) is 43.3 Å². The number of carbonyl (C=O) groups is 1. The quantitative estimate of drug-likeness (QED) is 0.797. The van der Waals surface area contributed by atoms with Crippen LogP contribution in [0.5, 0.6) is 5.75 Å². The molecular weight excluding hydrogens is 418 g/mol. The molecule has 1 unspecified atom stereocenters. The lowest BCUT2D eigenvalue weighted by molar-refractivity contribution is -0.123. The minimum Gasteiger partial charge on any atom is -0.497 e. The van der Waals surface area contributed by atoms with Crippen LogP contribution < -0.4 is 15.0 Å². The van der Waals surface area contributed by atoms with E-state index in [9.17, 15) is 4.79 Å². The number of methoxy groups -OCH3 is 1. The number of nitrogens with one attached hydrogen (secondary N) is 1. The molecule has 2 aromatic rings. The van der Waals surface area contributed by atoms with Gasteiger partial charge in [-0.1, -0.05) is 23.7 Å². The number of pyridine rings is 1. The van der Waals surface area contributed by atoms with E-state index in [0.717, 1.165) is 40.1 Å². The molecule has 5 nitrogen and oxygen atoms in total. The van der Waals surface area contributed by atoms with Crippen LogP contribution in [0.3, 0.4) is 0 Å². The third-order valence-electron chi connectivity index (χ3n) is 5.23. The standard InChI is InChI=1S/C19H19BrClN3O2/c1-26-13-4-2-12(3-5-13)10-24-11-19(6-7-22-15(25)8-19)16-17(21)14(20)9-23-18(16)24/h2-5,9H,6-8,10-11H2,1H3,(H,22,25). The topological polar surface area (TPSA) is 54.5 Å². The van der Waals surface area contributed by atoms with Crippen LogP contribution in [0.25, 0.3) is 0 Å². The lowest BCUT2D eigenvalue weighted by Gasteiger charge is -2.34. The third-order valence-corrected chi connectivity index (χ3v) is 6.46. The van der Waals surface area contributed by atoms with Gasteiger partial charge in [0.2, 0.25) is 5.91 Å². The van der Waals surface area contributed by atoms with Crippen molar-refractivity contribution in [3.8, 4) is 5.75 Å². The van der Waals surface area contributed by atoms with Gasteiger partial charge in [-0.25, -0.2) is 4.98 Å². The zero-order chi connectivity index (χ0) is 18.3. The molecule has 1 N–H and O–H groups in total. The van der Waals surface area contributed by atoms with E-state index < -0.39 is 0 Å². The van der Waals surface area contributed by atoms with Gasteiger partial charge in [0.25, 0.3) is 0 Å². The predicted octanol–water partition coefficient (Wildman–Crippen LogP) is 3.67. The first kappa shape index (κ1) is 17.6. The van der Waals surface area contributed by atoms with Gasteiger partial charge in [0.05, 0.1) is 16.6 Å². The van der Waals surface area contributed by atoms with Crippen LogP contribution in [-0.4, -0.2) is 31.1 Å². The van der Waals surface area contributed by atoms with E-state index in [4.69, 9.17) is 16.3 Å². The van der Waals surface area contributed by atoms with Gasteiger partial charge < -0.3 is 15.0 Å². The normalized spacial score (nSPS) is 21.7. The number of rotatable bonds is 3. The summed E-state index contributed by atoms with van der Waals surface area (Å²) >= 11 is 10.1. The first-order chi connectivity index (χ1) is 12.5. The largest absolute Gasteiger partial charge is 0.497 e. The average Bonchev–Trinajstić information content (AvgIpc) is 2.91. The minimum atomic E-state index is -0.280. The summed E-state index contributed by atoms with van der Waals surface area (Å²) in [6.07, 6.45) is 3.05. The van der Waals surface area contributed by atoms with E-state index in [1.165, 1.54) is 0 Å². The minimum absolute atomic E-state index is 0.0736. The lowest BCUT2D eigenvalue weighted by Crippen LogP contribution is -2.46. The van der Waals surface area contributed by atoms with Gasteiger partial charge in [-0.05, 0) is 40.0 Å². The van der Waals surface area contributed by atoms with Crippen molar-refractivity contribution in [2.45, 2.75) is 24.8 Å². The van der Waals surface area contributed by atoms with E-state index >= 15 is 0 Å². The number of nitrogens with zero attached hydrogens (tertiary/aromatic N) is 2. The fourth-order valence-electron chi connectivity index (χ4n) is 4.02. The molecule has 136 valence electrons. The lowest BCUT2D eigenvalue weighted by atomic mass is 9.75. The number of ether oxygens (including phenoxy) is 1. The number of anilines is 1. The second-order valence-electron chi connectivity index (χ2n) is 6.88. The first-order valence-corrected chi connectivity index (χ1v) is 9.68. The Bertz CT molecular complexity index is 859. The summed E-state index contributed by atoms with van der Waals surface area (Å²) in [5.74, 6) is 1.79. The number of amides is 1. The SMILES string of the molecule is COc1ccc(CN2CC3(CCNC(=O)C3)c3c2ncc(Br)c3Cl)cc1. The number of carbonyl (C=O) groups excluding carboxylic acids is 1. The molecule has 1 aromatic carbocycles. The van der Waals surface area contributed by atoms with Gasteiger partial charge in [0.15, 0.2) is 0 Å². The van der Waals surface area contributed by atoms with Gasteiger partial charge >= 0.3 is 0 Å². The highest BCUT2D eigenvalue weighted by molar-refractivity contribution is 9.10. The summed E-state index contributed by atoms with van der Waals surface area (Å²) in [7, 11) is 1.66. The van der Waals surface area contributed by atoms with Crippen LogP contribution in [0, 0.1) is 0 Å². The molecule has 3 heterocycles. The molecule has 0 radical (unpaired) electrons. The summed E-state index contributed by atoms with van der Waals surface area (Å²) in [5, 5.41) is 3.60. The molecule has 0 aliphatic carbocycles. The van der Waals surface area contributed by atoms with E-state index in [0.29, 0.717) is 24.5 Å². The molecule has 7 heteroatoms. The Morgan fingerprint density at radius 1 is 1.38 bits per heavy atom. The van der Waals surface area contributed by atoms with Crippen molar-refractivity contribution in [3.63, 3.8) is 0 Å². The maximum atomic E-state index is 12.1. The van der Waals surface area contributed by atoms with Crippen molar-refractivity contribution >= 4 is 39.3 Å². The van der Waals surface area contributed by atoms with Crippen molar-refractivity contribution in [3.05, 3.63) is 51.1 Å². The smallest absolute Gasteiger partial charge is 0.220 e. The Labute approximate surface area is 165 Å². The van der Waals surface area contributed by atoms with Crippen molar-refractivity contribution in [2.75, 3.05) is 25.1 Å². The van der Waals surface area contributed by atoms with Gasteiger partial charge in [-0.15, -0.1) is 0 Å². The zero-order valence-electron chi connectivity index (χ0n) is 14.4. The summed E-state index contributed by atoms with van der Waals surface area (Å²) in [4.78, 5) is 19.0. The van der Waals surface area contributed by atoms with E-state index in [-0.39, 0.29) is 11.3 Å².